The minimum atomic E-state index is -0.485. The van der Waals surface area contributed by atoms with E-state index in [1.54, 1.807) is 11.3 Å². The molecule has 0 unspecified atom stereocenters. The molecule has 0 aliphatic rings. The Balaban J connectivity index is 2.26. The summed E-state index contributed by atoms with van der Waals surface area (Å²) in [5.74, 6) is 0.188. The number of rotatable bonds is 6. The Morgan fingerprint density at radius 1 is 1.48 bits per heavy atom. The second kappa shape index (κ2) is 6.95. The third-order valence-electron chi connectivity index (χ3n) is 3.04. The van der Waals surface area contributed by atoms with Gasteiger partial charge < -0.3 is 11.1 Å². The van der Waals surface area contributed by atoms with Gasteiger partial charge in [0.05, 0.1) is 0 Å². The number of nitrogens with one attached hydrogen (secondary N) is 2. The van der Waals surface area contributed by atoms with Crippen LogP contribution in [0.25, 0.3) is 0 Å². The van der Waals surface area contributed by atoms with Gasteiger partial charge in [0.15, 0.2) is 0 Å². The van der Waals surface area contributed by atoms with Crippen LogP contribution in [0.5, 0.6) is 0 Å². The first-order valence-corrected chi connectivity index (χ1v) is 8.29. The monoisotopic (exact) mass is 372 g/mol. The molecule has 0 saturated heterocycles. The molecule has 114 valence electrons. The highest BCUT2D eigenvalue weighted by Crippen LogP contribution is 2.21. The summed E-state index contributed by atoms with van der Waals surface area (Å²) in [6.45, 7) is 3.01. The summed E-state index contributed by atoms with van der Waals surface area (Å²) in [7, 11) is 0. The molecule has 0 aromatic carbocycles. The van der Waals surface area contributed by atoms with Gasteiger partial charge >= 0.3 is 5.69 Å². The summed E-state index contributed by atoms with van der Waals surface area (Å²) in [4.78, 5) is 27.1. The lowest BCUT2D eigenvalue weighted by Gasteiger charge is -2.13. The Morgan fingerprint density at radius 2 is 2.24 bits per heavy atom. The molecular weight excluding hydrogens is 356 g/mol. The summed E-state index contributed by atoms with van der Waals surface area (Å²) >= 11 is 4.95. The van der Waals surface area contributed by atoms with Gasteiger partial charge in [0.25, 0.3) is 5.56 Å². The number of halogens is 1. The van der Waals surface area contributed by atoms with E-state index < -0.39 is 11.2 Å². The maximum atomic E-state index is 11.9. The lowest BCUT2D eigenvalue weighted by atomic mass is 10.3. The second-order valence-electron chi connectivity index (χ2n) is 4.61. The van der Waals surface area contributed by atoms with Crippen LogP contribution < -0.4 is 22.3 Å². The second-order valence-corrected chi connectivity index (χ2v) is 6.52. The first-order valence-electron chi connectivity index (χ1n) is 6.62. The summed E-state index contributed by atoms with van der Waals surface area (Å²) in [6.07, 6.45) is 1.77. The molecule has 2 aromatic rings. The van der Waals surface area contributed by atoms with Gasteiger partial charge in [-0.1, -0.05) is 13.3 Å². The van der Waals surface area contributed by atoms with Gasteiger partial charge in [-0.3, -0.25) is 14.3 Å². The molecule has 2 aromatic heterocycles. The van der Waals surface area contributed by atoms with Crippen molar-refractivity contribution in [2.75, 3.05) is 11.1 Å². The largest absolute Gasteiger partial charge is 0.383 e. The number of H-pyrrole nitrogens is 1. The van der Waals surface area contributed by atoms with E-state index in [4.69, 9.17) is 5.73 Å². The number of nitrogens with two attached hydrogens (primary N) is 1. The van der Waals surface area contributed by atoms with Crippen LogP contribution >= 0.6 is 27.3 Å². The molecule has 0 aliphatic heterocycles. The third-order valence-corrected chi connectivity index (χ3v) is 4.73. The van der Waals surface area contributed by atoms with Gasteiger partial charge in [0, 0.05) is 27.8 Å². The topological polar surface area (TPSA) is 92.9 Å². The van der Waals surface area contributed by atoms with Crippen LogP contribution in [0.1, 0.15) is 24.6 Å². The molecule has 6 nitrogen and oxygen atoms in total. The van der Waals surface area contributed by atoms with Crippen LogP contribution in [0, 0.1) is 0 Å². The molecule has 0 aliphatic carbocycles. The molecule has 0 fully saturated rings. The van der Waals surface area contributed by atoms with E-state index in [0.29, 0.717) is 13.1 Å². The van der Waals surface area contributed by atoms with Crippen molar-refractivity contribution in [3.8, 4) is 0 Å². The first kappa shape index (κ1) is 15.8. The smallest absolute Gasteiger partial charge is 0.330 e. The molecular formula is C13H17BrN4O2S. The van der Waals surface area contributed by atoms with Crippen molar-refractivity contribution in [3.63, 3.8) is 0 Å². The van der Waals surface area contributed by atoms with Crippen LogP contribution in [-0.4, -0.2) is 9.55 Å². The number of unbranched alkanes of at least 4 members (excludes halogenated alkanes) is 1. The third kappa shape index (κ3) is 3.76. The molecule has 0 saturated carbocycles. The van der Waals surface area contributed by atoms with Gasteiger partial charge in [-0.05, 0) is 28.4 Å². The maximum Gasteiger partial charge on any atom is 0.330 e. The normalized spacial score (nSPS) is 10.8. The molecule has 8 heteroatoms. The standard InChI is InChI=1S/C13H17BrN4O2S/c1-2-3-4-18-11(15)10(12(19)17-13(18)20)16-6-9-5-8(14)7-21-9/h5,7,16H,2-4,6,15H2,1H3,(H,17,19,20). The Labute approximate surface area is 134 Å². The molecule has 0 spiro atoms. The number of thiophene rings is 1. The predicted octanol–water partition coefficient (Wildman–Crippen LogP) is 2.36. The SMILES string of the molecule is CCCCn1c(N)c(NCc2cc(Br)cs2)c(=O)[nH]c1=O. The minimum absolute atomic E-state index is 0.188. The molecule has 0 atom stereocenters. The van der Waals surface area contributed by atoms with Crippen LogP contribution in [0.4, 0.5) is 11.5 Å². The predicted molar refractivity (Wildman–Crippen MR) is 90.0 cm³/mol. The molecule has 0 radical (unpaired) electrons. The van der Waals surface area contributed by atoms with Crippen LogP contribution in [-0.2, 0) is 13.1 Å². The van der Waals surface area contributed by atoms with Gasteiger partial charge in [-0.25, -0.2) is 4.79 Å². The number of anilines is 2. The Morgan fingerprint density at radius 3 is 2.86 bits per heavy atom. The molecule has 21 heavy (non-hydrogen) atoms. The molecule has 0 amide bonds. The van der Waals surface area contributed by atoms with Crippen molar-refractivity contribution in [2.45, 2.75) is 32.9 Å². The number of hydrogen-bond donors (Lipinski definition) is 3. The summed E-state index contributed by atoms with van der Waals surface area (Å²) < 4.78 is 2.40. The van der Waals surface area contributed by atoms with Crippen molar-refractivity contribution < 1.29 is 0 Å². The fraction of sp³-hybridized carbons (Fsp3) is 0.385. The van der Waals surface area contributed by atoms with E-state index in [-0.39, 0.29) is 11.5 Å². The zero-order valence-electron chi connectivity index (χ0n) is 11.6. The van der Waals surface area contributed by atoms with Crippen molar-refractivity contribution in [1.82, 2.24) is 9.55 Å². The summed E-state index contributed by atoms with van der Waals surface area (Å²) in [5, 5.41) is 4.98. The number of hydrogen-bond acceptors (Lipinski definition) is 5. The van der Waals surface area contributed by atoms with Crippen LogP contribution in [0.15, 0.2) is 25.5 Å². The highest BCUT2D eigenvalue weighted by atomic mass is 79.9. The van der Waals surface area contributed by atoms with E-state index >= 15 is 0 Å². The molecule has 2 rings (SSSR count). The fourth-order valence-corrected chi connectivity index (χ4v) is 3.31. The first-order chi connectivity index (χ1) is 10.0. The Kier molecular flexibility index (Phi) is 5.24. The van der Waals surface area contributed by atoms with Gasteiger partial charge in [-0.15, -0.1) is 11.3 Å². The lowest BCUT2D eigenvalue weighted by molar-refractivity contribution is 0.605. The number of nitrogens with zero attached hydrogens (tertiary/aromatic N) is 1. The van der Waals surface area contributed by atoms with E-state index in [9.17, 15) is 9.59 Å². The maximum absolute atomic E-state index is 11.9. The van der Waals surface area contributed by atoms with Crippen molar-refractivity contribution in [2.24, 2.45) is 0 Å². The number of aromatic nitrogens is 2. The Hall–Kier alpha value is -1.54. The summed E-state index contributed by atoms with van der Waals surface area (Å²) in [5.41, 5.74) is 5.27. The Bertz CT molecular complexity index is 735. The molecule has 4 N–H and O–H groups in total. The van der Waals surface area contributed by atoms with E-state index in [2.05, 4.69) is 26.2 Å². The zero-order valence-corrected chi connectivity index (χ0v) is 14.0. The van der Waals surface area contributed by atoms with Crippen LogP contribution in [0.3, 0.4) is 0 Å². The van der Waals surface area contributed by atoms with Crippen LogP contribution in [0.2, 0.25) is 0 Å². The van der Waals surface area contributed by atoms with Gasteiger partial charge in [-0.2, -0.15) is 0 Å². The average molecular weight is 373 g/mol. The fourth-order valence-electron chi connectivity index (χ4n) is 1.92. The van der Waals surface area contributed by atoms with E-state index in [0.717, 1.165) is 22.2 Å². The molecule has 0 bridgehead atoms. The van der Waals surface area contributed by atoms with Gasteiger partial charge in [0.1, 0.15) is 11.5 Å². The molecule has 2 heterocycles. The van der Waals surface area contributed by atoms with E-state index in [1.807, 2.05) is 18.4 Å². The minimum Gasteiger partial charge on any atom is -0.383 e. The average Bonchev–Trinajstić information content (AvgIpc) is 2.84. The van der Waals surface area contributed by atoms with Gasteiger partial charge in [0.2, 0.25) is 0 Å². The van der Waals surface area contributed by atoms with Crippen molar-refractivity contribution in [3.05, 3.63) is 41.6 Å². The number of aromatic amines is 1. The van der Waals surface area contributed by atoms with Crippen molar-refractivity contribution in [1.29, 1.82) is 0 Å². The van der Waals surface area contributed by atoms with Crippen molar-refractivity contribution >= 4 is 38.8 Å². The quantitative estimate of drug-likeness (QED) is 0.725. The highest BCUT2D eigenvalue weighted by Gasteiger charge is 2.12. The number of nitrogen functional groups attached to an aromatic ring is 1. The highest BCUT2D eigenvalue weighted by molar-refractivity contribution is 9.10. The zero-order chi connectivity index (χ0) is 15.4. The summed E-state index contributed by atoms with van der Waals surface area (Å²) in [6, 6.07) is 1.97. The lowest BCUT2D eigenvalue weighted by Crippen LogP contribution is -2.34. The van der Waals surface area contributed by atoms with E-state index in [1.165, 1.54) is 4.57 Å².